The highest BCUT2D eigenvalue weighted by Gasteiger charge is 2.16. The molecule has 18 heavy (non-hydrogen) atoms. The molecule has 3 rings (SSSR count). The molecule has 0 amide bonds. The van der Waals surface area contributed by atoms with E-state index in [1.165, 1.54) is 36.9 Å². The van der Waals surface area contributed by atoms with Crippen molar-refractivity contribution in [2.24, 2.45) is 5.92 Å². The lowest BCUT2D eigenvalue weighted by Gasteiger charge is -2.30. The van der Waals surface area contributed by atoms with Crippen molar-refractivity contribution in [3.05, 3.63) is 42.1 Å². The van der Waals surface area contributed by atoms with Gasteiger partial charge in [-0.25, -0.2) is 0 Å². The van der Waals surface area contributed by atoms with Gasteiger partial charge in [-0.2, -0.15) is 0 Å². The molecule has 1 aliphatic heterocycles. The Hall–Kier alpha value is -1.41. The summed E-state index contributed by atoms with van der Waals surface area (Å²) in [5.41, 5.74) is 2.52. The Morgan fingerprint density at radius 1 is 1.17 bits per heavy atom. The summed E-state index contributed by atoms with van der Waals surface area (Å²) in [6.45, 7) is 5.89. The molecule has 1 fully saturated rings. The standard InChI is InChI=1S/C16H20N2/c1-13-7-10-18(11-8-13)12-14-6-9-17-16-5-3-2-4-15(14)16/h2-6,9,13H,7-8,10-12H2,1H3. The van der Waals surface area contributed by atoms with Crippen molar-refractivity contribution in [2.45, 2.75) is 26.3 Å². The van der Waals surface area contributed by atoms with Crippen LogP contribution >= 0.6 is 0 Å². The first kappa shape index (κ1) is 11.7. The average molecular weight is 240 g/mol. The van der Waals surface area contributed by atoms with Crippen LogP contribution in [0.5, 0.6) is 0 Å². The molecular weight excluding hydrogens is 220 g/mol. The SMILES string of the molecule is CC1CCN(Cc2ccnc3ccccc23)CC1. The van der Waals surface area contributed by atoms with E-state index in [0.717, 1.165) is 18.0 Å². The summed E-state index contributed by atoms with van der Waals surface area (Å²) in [7, 11) is 0. The van der Waals surface area contributed by atoms with Crippen molar-refractivity contribution < 1.29 is 0 Å². The van der Waals surface area contributed by atoms with Gasteiger partial charge < -0.3 is 0 Å². The minimum Gasteiger partial charge on any atom is -0.299 e. The van der Waals surface area contributed by atoms with E-state index in [4.69, 9.17) is 0 Å². The Bertz CT molecular complexity index is 522. The molecule has 0 N–H and O–H groups in total. The molecule has 0 unspecified atom stereocenters. The van der Waals surface area contributed by atoms with Crippen LogP contribution in [0.3, 0.4) is 0 Å². The monoisotopic (exact) mass is 240 g/mol. The van der Waals surface area contributed by atoms with Crippen molar-refractivity contribution in [2.75, 3.05) is 13.1 Å². The largest absolute Gasteiger partial charge is 0.299 e. The van der Waals surface area contributed by atoms with E-state index in [2.05, 4.69) is 47.1 Å². The lowest BCUT2D eigenvalue weighted by atomic mass is 9.98. The van der Waals surface area contributed by atoms with E-state index in [0.29, 0.717) is 0 Å². The van der Waals surface area contributed by atoms with Crippen LogP contribution < -0.4 is 0 Å². The van der Waals surface area contributed by atoms with Crippen LogP contribution in [-0.4, -0.2) is 23.0 Å². The van der Waals surface area contributed by atoms with Crippen molar-refractivity contribution in [3.63, 3.8) is 0 Å². The number of pyridine rings is 1. The van der Waals surface area contributed by atoms with E-state index in [1.807, 2.05) is 6.20 Å². The van der Waals surface area contributed by atoms with Crippen LogP contribution in [0.4, 0.5) is 0 Å². The second kappa shape index (κ2) is 5.07. The number of rotatable bonds is 2. The number of hydrogen-bond donors (Lipinski definition) is 0. The molecule has 2 aromatic rings. The molecule has 1 aromatic carbocycles. The van der Waals surface area contributed by atoms with Gasteiger partial charge in [-0.15, -0.1) is 0 Å². The number of aromatic nitrogens is 1. The van der Waals surface area contributed by atoms with E-state index in [9.17, 15) is 0 Å². The third-order valence-corrected chi connectivity index (χ3v) is 4.01. The van der Waals surface area contributed by atoms with Gasteiger partial charge in [-0.1, -0.05) is 25.1 Å². The fraction of sp³-hybridized carbons (Fsp3) is 0.438. The van der Waals surface area contributed by atoms with Crippen LogP contribution in [0.2, 0.25) is 0 Å². The first-order valence-electron chi connectivity index (χ1n) is 6.88. The van der Waals surface area contributed by atoms with Crippen molar-refractivity contribution in [1.29, 1.82) is 0 Å². The highest BCUT2D eigenvalue weighted by molar-refractivity contribution is 5.81. The maximum atomic E-state index is 4.43. The molecule has 2 nitrogen and oxygen atoms in total. The van der Waals surface area contributed by atoms with Gasteiger partial charge >= 0.3 is 0 Å². The Balaban J connectivity index is 1.82. The summed E-state index contributed by atoms with van der Waals surface area (Å²) >= 11 is 0. The van der Waals surface area contributed by atoms with Gasteiger partial charge in [0.2, 0.25) is 0 Å². The number of nitrogens with zero attached hydrogens (tertiary/aromatic N) is 2. The summed E-state index contributed by atoms with van der Waals surface area (Å²) in [4.78, 5) is 7.00. The third-order valence-electron chi connectivity index (χ3n) is 4.01. The quantitative estimate of drug-likeness (QED) is 0.799. The van der Waals surface area contributed by atoms with Gasteiger partial charge in [0, 0.05) is 18.1 Å². The number of likely N-dealkylation sites (tertiary alicyclic amines) is 1. The normalized spacial score (nSPS) is 18.3. The maximum Gasteiger partial charge on any atom is 0.0705 e. The van der Waals surface area contributed by atoms with Crippen LogP contribution in [0, 0.1) is 5.92 Å². The Kier molecular flexibility index (Phi) is 3.28. The second-order valence-corrected chi connectivity index (χ2v) is 5.45. The van der Waals surface area contributed by atoms with Crippen molar-refractivity contribution in [1.82, 2.24) is 9.88 Å². The summed E-state index contributed by atoms with van der Waals surface area (Å²) < 4.78 is 0. The smallest absolute Gasteiger partial charge is 0.0705 e. The van der Waals surface area contributed by atoms with Gasteiger partial charge in [-0.3, -0.25) is 9.88 Å². The molecule has 1 aromatic heterocycles. The topological polar surface area (TPSA) is 16.1 Å². The van der Waals surface area contributed by atoms with E-state index in [1.54, 1.807) is 0 Å². The fourth-order valence-corrected chi connectivity index (χ4v) is 2.75. The second-order valence-electron chi connectivity index (χ2n) is 5.45. The molecule has 94 valence electrons. The molecule has 2 heterocycles. The molecule has 0 radical (unpaired) electrons. The van der Waals surface area contributed by atoms with Crippen molar-refractivity contribution in [3.8, 4) is 0 Å². The third kappa shape index (κ3) is 2.39. The van der Waals surface area contributed by atoms with Gasteiger partial charge in [0.25, 0.3) is 0 Å². The fourth-order valence-electron chi connectivity index (χ4n) is 2.75. The number of fused-ring (bicyclic) bond motifs is 1. The highest BCUT2D eigenvalue weighted by atomic mass is 15.1. The van der Waals surface area contributed by atoms with E-state index < -0.39 is 0 Å². The van der Waals surface area contributed by atoms with Gasteiger partial charge in [0.1, 0.15) is 0 Å². The molecule has 0 bridgehead atoms. The molecule has 0 spiro atoms. The predicted molar refractivity (Wildman–Crippen MR) is 75.4 cm³/mol. The first-order valence-corrected chi connectivity index (χ1v) is 6.88. The first-order chi connectivity index (χ1) is 8.83. The Morgan fingerprint density at radius 2 is 1.94 bits per heavy atom. The zero-order valence-electron chi connectivity index (χ0n) is 11.0. The molecular formula is C16H20N2. The molecule has 0 atom stereocenters. The van der Waals surface area contributed by atoms with Crippen LogP contribution in [0.15, 0.2) is 36.5 Å². The predicted octanol–water partition coefficient (Wildman–Crippen LogP) is 3.47. The summed E-state index contributed by atoms with van der Waals surface area (Å²) in [5, 5.41) is 1.30. The Morgan fingerprint density at radius 3 is 2.78 bits per heavy atom. The molecule has 1 saturated heterocycles. The Labute approximate surface area is 109 Å². The maximum absolute atomic E-state index is 4.43. The van der Waals surface area contributed by atoms with Gasteiger partial charge in [-0.05, 0) is 49.5 Å². The zero-order chi connectivity index (χ0) is 12.4. The number of hydrogen-bond acceptors (Lipinski definition) is 2. The summed E-state index contributed by atoms with van der Waals surface area (Å²) in [6, 6.07) is 10.6. The van der Waals surface area contributed by atoms with Gasteiger partial charge in [0.15, 0.2) is 0 Å². The molecule has 0 aliphatic carbocycles. The van der Waals surface area contributed by atoms with Crippen LogP contribution in [-0.2, 0) is 6.54 Å². The van der Waals surface area contributed by atoms with E-state index >= 15 is 0 Å². The molecule has 1 aliphatic rings. The minimum absolute atomic E-state index is 0.899. The minimum atomic E-state index is 0.899. The zero-order valence-corrected chi connectivity index (χ0v) is 11.0. The van der Waals surface area contributed by atoms with E-state index in [-0.39, 0.29) is 0 Å². The summed E-state index contributed by atoms with van der Waals surface area (Å²) in [5.74, 6) is 0.899. The van der Waals surface area contributed by atoms with Gasteiger partial charge in [0.05, 0.1) is 5.52 Å². The highest BCUT2D eigenvalue weighted by Crippen LogP contribution is 2.21. The van der Waals surface area contributed by atoms with Crippen LogP contribution in [0.25, 0.3) is 10.9 Å². The van der Waals surface area contributed by atoms with Crippen molar-refractivity contribution >= 4 is 10.9 Å². The number of para-hydroxylation sites is 1. The van der Waals surface area contributed by atoms with Crippen LogP contribution in [0.1, 0.15) is 25.3 Å². The number of piperidine rings is 1. The average Bonchev–Trinajstić information content (AvgIpc) is 2.42. The number of benzene rings is 1. The lowest BCUT2D eigenvalue weighted by Crippen LogP contribution is -2.32. The molecule has 0 saturated carbocycles. The molecule has 2 heteroatoms. The summed E-state index contributed by atoms with van der Waals surface area (Å²) in [6.07, 6.45) is 4.61. The lowest BCUT2D eigenvalue weighted by molar-refractivity contribution is 0.186.